The fraction of sp³-hybridized carbons (Fsp3) is 0.0244. The van der Waals surface area contributed by atoms with Gasteiger partial charge >= 0.3 is 239 Å². The van der Waals surface area contributed by atoms with Crippen molar-refractivity contribution in [3.8, 4) is 0 Å². The Labute approximate surface area is 287 Å². The van der Waals surface area contributed by atoms with Gasteiger partial charge in [-0.15, -0.1) is 0 Å². The topological polar surface area (TPSA) is 86.8 Å². The van der Waals surface area contributed by atoms with Gasteiger partial charge in [-0.3, -0.25) is 14.5 Å². The van der Waals surface area contributed by atoms with Crippen molar-refractivity contribution in [2.75, 3.05) is 17.3 Å². The van der Waals surface area contributed by atoms with E-state index in [1.54, 1.807) is 36.4 Å². The molecule has 2 aliphatic rings. The van der Waals surface area contributed by atoms with Gasteiger partial charge in [0, 0.05) is 7.05 Å². The molecule has 0 fully saturated rings. The van der Waals surface area contributed by atoms with E-state index in [1.807, 2.05) is 30.3 Å². The molecule has 8 heteroatoms. The molecule has 7 nitrogen and oxygen atoms in total. The number of hydrogen-bond donors (Lipinski definition) is 1. The molecule has 0 radical (unpaired) electrons. The molecule has 0 saturated heterocycles. The predicted octanol–water partition coefficient (Wildman–Crippen LogP) is 4.83. The van der Waals surface area contributed by atoms with Crippen LogP contribution in [0.15, 0.2) is 152 Å². The van der Waals surface area contributed by atoms with Crippen LogP contribution in [-0.2, 0) is 0 Å². The number of imide groups is 2. The molecule has 2 aliphatic heterocycles. The van der Waals surface area contributed by atoms with E-state index in [2.05, 4.69) is 90.2 Å². The summed E-state index contributed by atoms with van der Waals surface area (Å²) in [4.78, 5) is 54.6. The van der Waals surface area contributed by atoms with Crippen molar-refractivity contribution in [3.63, 3.8) is 0 Å². The Morgan fingerprint density at radius 2 is 0.816 bits per heavy atom. The van der Waals surface area contributed by atoms with E-state index < -0.39 is 26.5 Å². The summed E-state index contributed by atoms with van der Waals surface area (Å²) in [6, 6.07) is 49.9. The van der Waals surface area contributed by atoms with E-state index in [0.717, 1.165) is 4.90 Å². The van der Waals surface area contributed by atoms with E-state index in [1.165, 1.54) is 24.8 Å². The summed E-state index contributed by atoms with van der Waals surface area (Å²) in [6.45, 7) is 0. The van der Waals surface area contributed by atoms with Crippen LogP contribution < -0.4 is 23.1 Å². The minimum atomic E-state index is -3.81. The fourth-order valence-corrected chi connectivity index (χ4v) is 21.7. The number of nitrogens with one attached hydrogen (secondary N) is 1. The van der Waals surface area contributed by atoms with Crippen LogP contribution in [0.3, 0.4) is 0 Å². The van der Waals surface area contributed by atoms with Crippen LogP contribution in [0, 0.1) is 0 Å². The first-order valence-corrected chi connectivity index (χ1v) is 22.1. The maximum absolute atomic E-state index is 13.8. The summed E-state index contributed by atoms with van der Waals surface area (Å²) in [6.07, 6.45) is 0. The number of carbonyl (C=O) groups excluding carboxylic acids is 4. The minimum absolute atomic E-state index is 0.289. The zero-order valence-corrected chi connectivity index (χ0v) is 29.5. The van der Waals surface area contributed by atoms with Gasteiger partial charge in [-0.05, 0) is 6.07 Å². The molecular weight excluding hydrogens is 807 g/mol. The smallest absolute Gasteiger partial charge is 0.269 e. The van der Waals surface area contributed by atoms with Crippen molar-refractivity contribution < 1.29 is 19.2 Å². The molecule has 0 atom stereocenters. The molecule has 49 heavy (non-hydrogen) atoms. The van der Waals surface area contributed by atoms with Crippen LogP contribution in [-0.4, -0.2) is 56.1 Å². The number of benzene rings is 6. The second-order valence-corrected chi connectivity index (χ2v) is 23.9. The third-order valence-corrected chi connectivity index (χ3v) is 24.2. The Morgan fingerprint density at radius 3 is 1.31 bits per heavy atom. The van der Waals surface area contributed by atoms with Crippen LogP contribution in [0.5, 0.6) is 0 Å². The minimum Gasteiger partial charge on any atom is -0.269 e. The van der Waals surface area contributed by atoms with Crippen LogP contribution in [0.25, 0.3) is 0 Å². The molecule has 0 bridgehead atoms. The zero-order valence-electron chi connectivity index (χ0n) is 26.4. The summed E-state index contributed by atoms with van der Waals surface area (Å²) >= 11 is -3.81. The number of fused-ring (bicyclic) bond motifs is 2. The number of rotatable bonds is 7. The van der Waals surface area contributed by atoms with Crippen molar-refractivity contribution >= 4 is 74.1 Å². The van der Waals surface area contributed by atoms with E-state index in [9.17, 15) is 19.2 Å². The van der Waals surface area contributed by atoms with Gasteiger partial charge in [0.1, 0.15) is 0 Å². The van der Waals surface area contributed by atoms with Crippen molar-refractivity contribution in [2.24, 2.45) is 0 Å². The van der Waals surface area contributed by atoms with Crippen molar-refractivity contribution in [3.05, 3.63) is 174 Å². The van der Waals surface area contributed by atoms with Crippen LogP contribution in [0.4, 0.5) is 17.1 Å². The standard InChI is InChI=1S/C23H14N3O4.3C6H5.Po/c1-25-20(27)16-9-7-13(11-18(16)21(25)28)24-14-8-10-17-19(12-14)23(30)26(22(17)29)15-5-3-2-4-6-15;3*1-2-4-6-5-3-1;/h3-12,24H,1H3;3*1-5H;. The molecule has 0 spiro atoms. The van der Waals surface area contributed by atoms with Gasteiger partial charge in [-0.2, -0.15) is 0 Å². The van der Waals surface area contributed by atoms with Gasteiger partial charge in [0.05, 0.1) is 11.1 Å². The summed E-state index contributed by atoms with van der Waals surface area (Å²) in [5.41, 5.74) is 2.95. The summed E-state index contributed by atoms with van der Waals surface area (Å²) in [5.74, 6) is -1.49. The first-order chi connectivity index (χ1) is 23.9. The quantitative estimate of drug-likeness (QED) is 0.233. The first kappa shape index (κ1) is 30.6. The second kappa shape index (κ2) is 12.1. The van der Waals surface area contributed by atoms with Crippen LogP contribution >= 0.6 is 0 Å². The van der Waals surface area contributed by atoms with E-state index >= 15 is 0 Å². The van der Waals surface area contributed by atoms with Gasteiger partial charge in [0.25, 0.3) is 11.8 Å². The Morgan fingerprint density at radius 1 is 0.429 bits per heavy atom. The molecule has 0 saturated carbocycles. The van der Waals surface area contributed by atoms with Crippen molar-refractivity contribution in [1.82, 2.24) is 4.90 Å². The van der Waals surface area contributed by atoms with E-state index in [0.29, 0.717) is 33.8 Å². The molecule has 8 rings (SSSR count). The van der Waals surface area contributed by atoms with Crippen LogP contribution in [0.1, 0.15) is 41.4 Å². The van der Waals surface area contributed by atoms with Gasteiger partial charge in [0.2, 0.25) is 0 Å². The average Bonchev–Trinajstić information content (AvgIpc) is 3.52. The van der Waals surface area contributed by atoms with Crippen LogP contribution in [0.2, 0.25) is 0 Å². The van der Waals surface area contributed by atoms with Crippen molar-refractivity contribution in [2.45, 2.75) is 0 Å². The fourth-order valence-electron chi connectivity index (χ4n) is 6.65. The maximum atomic E-state index is 13.8. The molecule has 238 valence electrons. The van der Waals surface area contributed by atoms with E-state index in [4.69, 9.17) is 0 Å². The van der Waals surface area contributed by atoms with Gasteiger partial charge in [-0.25, -0.2) is 0 Å². The Hall–Kier alpha value is -5.70. The second-order valence-electron chi connectivity index (χ2n) is 11.8. The molecule has 0 aliphatic carbocycles. The predicted molar refractivity (Wildman–Crippen MR) is 194 cm³/mol. The number of anilines is 3. The molecule has 1 N–H and O–H groups in total. The Bertz CT molecular complexity index is 2200. The molecule has 0 unspecified atom stereocenters. The number of nitrogens with zero attached hydrogens (tertiary/aromatic N) is 2. The zero-order chi connectivity index (χ0) is 33.7. The summed E-state index contributed by atoms with van der Waals surface area (Å²) < 4.78 is 5.09. The third kappa shape index (κ3) is 4.91. The average molecular weight is 837 g/mol. The normalized spacial score (nSPS) is 14.2. The molecular formula is C41H29N3O4Po. The van der Waals surface area contributed by atoms with Crippen molar-refractivity contribution in [1.29, 1.82) is 0 Å². The summed E-state index contributed by atoms with van der Waals surface area (Å²) in [7, 11) is 1.45. The van der Waals surface area contributed by atoms with Gasteiger partial charge in [-0.1, -0.05) is 0 Å². The molecule has 0 aromatic heterocycles. The SMILES string of the molecule is CN1C(=O)c2ccc(Nc3ccc4c(c3)C(=O)N(c3cc[c]([Po]([c]5ccccc5)([c]5ccccc5)[c]5ccccc5)cc3)C4=O)cc2C1=O. The van der Waals surface area contributed by atoms with E-state index in [-0.39, 0.29) is 23.3 Å². The first-order valence-electron chi connectivity index (χ1n) is 15.7. The number of hydrogen-bond acceptors (Lipinski definition) is 5. The molecule has 6 aromatic carbocycles. The third-order valence-electron chi connectivity index (χ3n) is 9.00. The molecule has 2 heterocycles. The Balaban J connectivity index is 1.14. The Kier molecular flexibility index (Phi) is 7.54. The monoisotopic (exact) mass is 836 g/mol. The molecule has 4 amide bonds. The number of amides is 4. The van der Waals surface area contributed by atoms with Gasteiger partial charge in [0.15, 0.2) is 0 Å². The molecule has 6 aromatic rings. The van der Waals surface area contributed by atoms with Gasteiger partial charge < -0.3 is 0 Å². The number of carbonyl (C=O) groups is 4. The summed E-state index contributed by atoms with van der Waals surface area (Å²) in [5, 5.41) is 3.22.